The van der Waals surface area contributed by atoms with Gasteiger partial charge in [-0.3, -0.25) is 4.79 Å². The first-order chi connectivity index (χ1) is 12.2. The molecule has 0 spiro atoms. The zero-order chi connectivity index (χ0) is 17.6. The normalized spacial score (nSPS) is 10.8. The Kier molecular flexibility index (Phi) is 5.36. The van der Waals surface area contributed by atoms with Crippen LogP contribution in [0.15, 0.2) is 52.9 Å². The zero-order valence-corrected chi connectivity index (χ0v) is 14.2. The number of furan rings is 1. The number of aliphatic hydroxyl groups excluding tert-OH is 1. The molecule has 25 heavy (non-hydrogen) atoms. The molecule has 1 heterocycles. The Labute approximate surface area is 146 Å². The molecular weight excluding hydrogens is 316 g/mol. The highest BCUT2D eigenvalue weighted by Gasteiger charge is 2.12. The molecule has 3 rings (SSSR count). The second-order valence-electron chi connectivity index (χ2n) is 5.77. The molecule has 0 aliphatic rings. The van der Waals surface area contributed by atoms with Gasteiger partial charge in [-0.2, -0.15) is 0 Å². The summed E-state index contributed by atoms with van der Waals surface area (Å²) < 4.78 is 5.92. The van der Waals surface area contributed by atoms with Crippen LogP contribution in [0.25, 0.3) is 11.0 Å². The molecule has 5 heteroatoms. The van der Waals surface area contributed by atoms with Crippen LogP contribution in [0.4, 0.5) is 5.69 Å². The van der Waals surface area contributed by atoms with Crippen LogP contribution in [0.2, 0.25) is 0 Å². The maximum atomic E-state index is 12.0. The summed E-state index contributed by atoms with van der Waals surface area (Å²) in [5.41, 5.74) is 3.47. The number of benzene rings is 2. The van der Waals surface area contributed by atoms with Crippen molar-refractivity contribution in [2.24, 2.45) is 0 Å². The number of hydrogen-bond acceptors (Lipinski definition) is 4. The molecule has 0 aliphatic heterocycles. The van der Waals surface area contributed by atoms with E-state index < -0.39 is 0 Å². The second kappa shape index (κ2) is 7.85. The molecule has 0 saturated heterocycles. The Hall–Kier alpha value is -2.79. The molecule has 130 valence electrons. The van der Waals surface area contributed by atoms with Crippen LogP contribution in [-0.4, -0.2) is 24.2 Å². The Morgan fingerprint density at radius 3 is 2.80 bits per heavy atom. The Bertz CT molecular complexity index is 870. The van der Waals surface area contributed by atoms with E-state index in [1.54, 1.807) is 12.1 Å². The highest BCUT2D eigenvalue weighted by Crippen LogP contribution is 2.27. The van der Waals surface area contributed by atoms with E-state index in [4.69, 9.17) is 9.52 Å². The number of carbonyl (C=O) groups is 1. The quantitative estimate of drug-likeness (QED) is 0.618. The summed E-state index contributed by atoms with van der Waals surface area (Å²) in [5, 5.41) is 16.0. The van der Waals surface area contributed by atoms with Gasteiger partial charge in [0.25, 0.3) is 5.91 Å². The fourth-order valence-corrected chi connectivity index (χ4v) is 2.86. The van der Waals surface area contributed by atoms with Crippen molar-refractivity contribution in [1.82, 2.24) is 5.32 Å². The van der Waals surface area contributed by atoms with E-state index in [2.05, 4.69) is 23.6 Å². The number of fused-ring (bicyclic) bond motifs is 1. The lowest BCUT2D eigenvalue weighted by atomic mass is 10.1. The number of nitrogens with one attached hydrogen (secondary N) is 2. The fraction of sp³-hybridized carbons (Fsp3) is 0.250. The van der Waals surface area contributed by atoms with E-state index >= 15 is 0 Å². The first kappa shape index (κ1) is 17.0. The maximum absolute atomic E-state index is 12.0. The first-order valence-electron chi connectivity index (χ1n) is 8.45. The summed E-state index contributed by atoms with van der Waals surface area (Å²) in [4.78, 5) is 12.0. The first-order valence-corrected chi connectivity index (χ1v) is 8.45. The molecule has 0 saturated carbocycles. The number of rotatable bonds is 7. The third-order valence-corrected chi connectivity index (χ3v) is 4.09. The Morgan fingerprint density at radius 1 is 1.16 bits per heavy atom. The molecule has 3 aromatic rings. The van der Waals surface area contributed by atoms with E-state index in [9.17, 15) is 4.79 Å². The number of hydrogen-bond donors (Lipinski definition) is 3. The Balaban J connectivity index is 1.77. The Morgan fingerprint density at radius 2 is 2.00 bits per heavy atom. The topological polar surface area (TPSA) is 74.5 Å². The van der Waals surface area contributed by atoms with Crippen molar-refractivity contribution in [3.63, 3.8) is 0 Å². The monoisotopic (exact) mass is 338 g/mol. The molecule has 0 fully saturated rings. The molecule has 1 amide bonds. The van der Waals surface area contributed by atoms with Gasteiger partial charge in [0.05, 0.1) is 6.61 Å². The largest absolute Gasteiger partial charge is 0.461 e. The summed E-state index contributed by atoms with van der Waals surface area (Å²) in [7, 11) is 0. The zero-order valence-electron chi connectivity index (χ0n) is 14.2. The molecule has 0 atom stereocenters. The van der Waals surface area contributed by atoms with Gasteiger partial charge in [-0.1, -0.05) is 31.2 Å². The molecular formula is C20H22N2O3. The lowest BCUT2D eigenvalue weighted by molar-refractivity contribution is 0.0945. The molecule has 2 aromatic carbocycles. The number of amides is 1. The number of aryl methyl sites for hydroxylation is 1. The maximum Gasteiger partial charge on any atom is 0.251 e. The predicted molar refractivity (Wildman–Crippen MR) is 98.8 cm³/mol. The van der Waals surface area contributed by atoms with Gasteiger partial charge in [0, 0.05) is 41.7 Å². The van der Waals surface area contributed by atoms with Gasteiger partial charge in [0.15, 0.2) is 0 Å². The molecule has 0 bridgehead atoms. The van der Waals surface area contributed by atoms with E-state index in [-0.39, 0.29) is 19.1 Å². The van der Waals surface area contributed by atoms with E-state index in [1.165, 1.54) is 0 Å². The minimum absolute atomic E-state index is 0.0724. The summed E-state index contributed by atoms with van der Waals surface area (Å²) in [5.74, 6) is 0.784. The predicted octanol–water partition coefficient (Wildman–Crippen LogP) is 3.33. The second-order valence-corrected chi connectivity index (χ2v) is 5.77. The lowest BCUT2D eigenvalue weighted by Crippen LogP contribution is -2.26. The van der Waals surface area contributed by atoms with Gasteiger partial charge in [-0.15, -0.1) is 0 Å². The number of para-hydroxylation sites is 1. The van der Waals surface area contributed by atoms with Gasteiger partial charge in [-0.05, 0) is 24.3 Å². The standard InChI is InChI=1S/C20H22N2O3/c1-2-18-17(16-8-3-4-9-19(16)25-18)13-22-15-7-5-6-14(12-15)20(24)21-10-11-23/h3-9,12,22-23H,2,10-11,13H2,1H3,(H,21,24). The summed E-state index contributed by atoms with van der Waals surface area (Å²) in [6.45, 7) is 2.88. The van der Waals surface area contributed by atoms with E-state index in [1.807, 2.05) is 30.3 Å². The molecule has 0 aliphatic carbocycles. The highest BCUT2D eigenvalue weighted by molar-refractivity contribution is 5.95. The van der Waals surface area contributed by atoms with Gasteiger partial charge >= 0.3 is 0 Å². The molecule has 3 N–H and O–H groups in total. The molecule has 1 aromatic heterocycles. The van der Waals surface area contributed by atoms with Crippen molar-refractivity contribution in [3.05, 3.63) is 65.4 Å². The fourth-order valence-electron chi connectivity index (χ4n) is 2.86. The van der Waals surface area contributed by atoms with Gasteiger partial charge in [0.2, 0.25) is 0 Å². The summed E-state index contributed by atoms with van der Waals surface area (Å²) >= 11 is 0. The van der Waals surface area contributed by atoms with E-state index in [0.29, 0.717) is 12.1 Å². The van der Waals surface area contributed by atoms with Crippen molar-refractivity contribution < 1.29 is 14.3 Å². The average Bonchev–Trinajstić information content (AvgIpc) is 3.02. The van der Waals surface area contributed by atoms with Crippen molar-refractivity contribution in [1.29, 1.82) is 0 Å². The van der Waals surface area contributed by atoms with Crippen molar-refractivity contribution in [2.75, 3.05) is 18.5 Å². The average molecular weight is 338 g/mol. The minimum atomic E-state index is -0.194. The third-order valence-electron chi connectivity index (χ3n) is 4.09. The minimum Gasteiger partial charge on any atom is -0.461 e. The van der Waals surface area contributed by atoms with Crippen molar-refractivity contribution >= 4 is 22.6 Å². The van der Waals surface area contributed by atoms with Crippen LogP contribution in [0, 0.1) is 0 Å². The van der Waals surface area contributed by atoms with Crippen LogP contribution < -0.4 is 10.6 Å². The number of anilines is 1. The van der Waals surface area contributed by atoms with Crippen molar-refractivity contribution in [3.8, 4) is 0 Å². The SMILES string of the molecule is CCc1oc2ccccc2c1CNc1cccc(C(=O)NCCO)c1. The van der Waals surface area contributed by atoms with Gasteiger partial charge in [0.1, 0.15) is 11.3 Å². The van der Waals surface area contributed by atoms with Gasteiger partial charge < -0.3 is 20.2 Å². The number of carbonyl (C=O) groups excluding carboxylic acids is 1. The molecule has 0 radical (unpaired) electrons. The van der Waals surface area contributed by atoms with Gasteiger partial charge in [-0.25, -0.2) is 0 Å². The van der Waals surface area contributed by atoms with Crippen LogP contribution >= 0.6 is 0 Å². The summed E-state index contributed by atoms with van der Waals surface area (Å²) in [6, 6.07) is 15.3. The smallest absolute Gasteiger partial charge is 0.251 e. The van der Waals surface area contributed by atoms with Crippen molar-refractivity contribution in [2.45, 2.75) is 19.9 Å². The molecule has 5 nitrogen and oxygen atoms in total. The lowest BCUT2D eigenvalue weighted by Gasteiger charge is -2.09. The number of aliphatic hydroxyl groups is 1. The van der Waals surface area contributed by atoms with Crippen LogP contribution in [0.1, 0.15) is 28.6 Å². The van der Waals surface area contributed by atoms with E-state index in [0.717, 1.165) is 34.4 Å². The van der Waals surface area contributed by atoms with Crippen LogP contribution in [0.5, 0.6) is 0 Å². The van der Waals surface area contributed by atoms with Crippen LogP contribution in [-0.2, 0) is 13.0 Å². The van der Waals surface area contributed by atoms with Crippen LogP contribution in [0.3, 0.4) is 0 Å². The highest BCUT2D eigenvalue weighted by atomic mass is 16.3. The molecule has 0 unspecified atom stereocenters. The summed E-state index contributed by atoms with van der Waals surface area (Å²) in [6.07, 6.45) is 0.829. The third kappa shape index (κ3) is 3.83.